The summed E-state index contributed by atoms with van der Waals surface area (Å²) in [6.45, 7) is 0.549. The van der Waals surface area contributed by atoms with Gasteiger partial charge in [-0.2, -0.15) is 0 Å². The second-order valence-electron chi connectivity index (χ2n) is 5.14. The van der Waals surface area contributed by atoms with Gasteiger partial charge in [-0.25, -0.2) is 4.39 Å². The minimum Gasteiger partial charge on any atom is -0.492 e. The molecule has 1 saturated carbocycles. The van der Waals surface area contributed by atoms with E-state index < -0.39 is 11.9 Å². The lowest BCUT2D eigenvalue weighted by Crippen LogP contribution is -2.33. The van der Waals surface area contributed by atoms with Crippen LogP contribution in [0, 0.1) is 17.7 Å². The maximum atomic E-state index is 12.9. The Morgan fingerprint density at radius 3 is 2.76 bits per heavy atom. The van der Waals surface area contributed by atoms with Crippen LogP contribution in [0.1, 0.15) is 19.3 Å². The number of nitrogens with one attached hydrogen (secondary N) is 1. The molecule has 0 aromatic heterocycles. The number of amides is 1. The van der Waals surface area contributed by atoms with Crippen molar-refractivity contribution in [2.75, 3.05) is 13.2 Å². The smallest absolute Gasteiger partial charge is 0.306 e. The fraction of sp³-hybridized carbons (Fsp3) is 0.467. The van der Waals surface area contributed by atoms with E-state index in [1.165, 1.54) is 12.1 Å². The Kier molecular flexibility index (Phi) is 5.14. The van der Waals surface area contributed by atoms with Crippen LogP contribution in [-0.2, 0) is 9.59 Å². The van der Waals surface area contributed by atoms with Crippen molar-refractivity contribution in [1.29, 1.82) is 0 Å². The molecule has 0 aliphatic heterocycles. The number of carbonyl (C=O) groups is 2. The van der Waals surface area contributed by atoms with E-state index in [0.29, 0.717) is 31.6 Å². The predicted octanol–water partition coefficient (Wildman–Crippen LogP) is 1.82. The first-order chi connectivity index (χ1) is 10.1. The molecule has 114 valence electrons. The van der Waals surface area contributed by atoms with Crippen molar-refractivity contribution in [3.8, 4) is 5.75 Å². The van der Waals surface area contributed by atoms with Gasteiger partial charge in [0.1, 0.15) is 18.2 Å². The largest absolute Gasteiger partial charge is 0.492 e. The van der Waals surface area contributed by atoms with Crippen molar-refractivity contribution in [2.24, 2.45) is 11.8 Å². The van der Waals surface area contributed by atoms with Gasteiger partial charge >= 0.3 is 5.97 Å². The van der Waals surface area contributed by atoms with Gasteiger partial charge in [-0.05, 0) is 31.4 Å². The first-order valence-electron chi connectivity index (χ1n) is 6.95. The molecular weight excluding hydrogens is 277 g/mol. The predicted molar refractivity (Wildman–Crippen MR) is 73.4 cm³/mol. The van der Waals surface area contributed by atoms with Crippen molar-refractivity contribution >= 4 is 11.9 Å². The van der Waals surface area contributed by atoms with Crippen molar-refractivity contribution in [1.82, 2.24) is 5.32 Å². The number of aliphatic carboxylic acids is 1. The number of carboxylic acid groups (broad SMARTS) is 1. The topological polar surface area (TPSA) is 75.6 Å². The molecule has 6 heteroatoms. The van der Waals surface area contributed by atoms with Crippen LogP contribution in [0.15, 0.2) is 24.3 Å². The molecule has 0 bridgehead atoms. The molecule has 0 radical (unpaired) electrons. The lowest BCUT2D eigenvalue weighted by Gasteiger charge is -2.11. The highest BCUT2D eigenvalue weighted by atomic mass is 19.1. The number of ether oxygens (including phenoxy) is 1. The van der Waals surface area contributed by atoms with Crippen LogP contribution < -0.4 is 10.1 Å². The summed E-state index contributed by atoms with van der Waals surface area (Å²) in [4.78, 5) is 22.7. The summed E-state index contributed by atoms with van der Waals surface area (Å²) < 4.78 is 18.2. The summed E-state index contributed by atoms with van der Waals surface area (Å²) in [5.41, 5.74) is 0. The van der Waals surface area contributed by atoms with Crippen LogP contribution >= 0.6 is 0 Å². The van der Waals surface area contributed by atoms with Gasteiger partial charge in [-0.15, -0.1) is 0 Å². The van der Waals surface area contributed by atoms with Gasteiger partial charge < -0.3 is 15.2 Å². The molecule has 21 heavy (non-hydrogen) atoms. The zero-order valence-electron chi connectivity index (χ0n) is 11.5. The van der Waals surface area contributed by atoms with E-state index in [4.69, 9.17) is 9.84 Å². The van der Waals surface area contributed by atoms with E-state index in [9.17, 15) is 14.0 Å². The Morgan fingerprint density at radius 1 is 1.33 bits per heavy atom. The first kappa shape index (κ1) is 15.3. The second-order valence-corrected chi connectivity index (χ2v) is 5.14. The second kappa shape index (κ2) is 7.06. The van der Waals surface area contributed by atoms with E-state index in [1.54, 1.807) is 12.1 Å². The molecule has 2 N–H and O–H groups in total. The SMILES string of the molecule is O=C(O)[C@@H]1CC[C@H](C(=O)NCCOc2cccc(F)c2)C1. The molecule has 0 saturated heterocycles. The van der Waals surface area contributed by atoms with Gasteiger partial charge in [0.2, 0.25) is 5.91 Å². The molecule has 0 heterocycles. The molecule has 1 aliphatic carbocycles. The van der Waals surface area contributed by atoms with E-state index in [1.807, 2.05) is 0 Å². The average Bonchev–Trinajstić information content (AvgIpc) is 2.93. The highest BCUT2D eigenvalue weighted by Crippen LogP contribution is 2.30. The average molecular weight is 295 g/mol. The zero-order valence-corrected chi connectivity index (χ0v) is 11.5. The van der Waals surface area contributed by atoms with Crippen molar-refractivity contribution < 1.29 is 23.8 Å². The van der Waals surface area contributed by atoms with Crippen LogP contribution in [0.25, 0.3) is 0 Å². The first-order valence-corrected chi connectivity index (χ1v) is 6.95. The van der Waals surface area contributed by atoms with Crippen LogP contribution in [-0.4, -0.2) is 30.1 Å². The van der Waals surface area contributed by atoms with E-state index in [-0.39, 0.29) is 24.2 Å². The Balaban J connectivity index is 1.67. The molecule has 0 unspecified atom stereocenters. The molecule has 5 nitrogen and oxygen atoms in total. The van der Waals surface area contributed by atoms with E-state index >= 15 is 0 Å². The number of hydrogen-bond donors (Lipinski definition) is 2. The van der Waals surface area contributed by atoms with Gasteiger partial charge in [0.25, 0.3) is 0 Å². The summed E-state index contributed by atoms with van der Waals surface area (Å²) >= 11 is 0. The number of carbonyl (C=O) groups excluding carboxylic acids is 1. The number of hydrogen-bond acceptors (Lipinski definition) is 3. The van der Waals surface area contributed by atoms with Gasteiger partial charge in [-0.1, -0.05) is 6.07 Å². The molecule has 1 aromatic carbocycles. The summed E-state index contributed by atoms with van der Waals surface area (Å²) in [7, 11) is 0. The molecule has 1 amide bonds. The van der Waals surface area contributed by atoms with Crippen molar-refractivity contribution in [3.05, 3.63) is 30.1 Å². The van der Waals surface area contributed by atoms with E-state index in [2.05, 4.69) is 5.32 Å². The third kappa shape index (κ3) is 4.44. The van der Waals surface area contributed by atoms with Crippen molar-refractivity contribution in [3.63, 3.8) is 0 Å². The van der Waals surface area contributed by atoms with Gasteiger partial charge in [0, 0.05) is 12.0 Å². The normalized spacial score (nSPS) is 21.0. The molecule has 1 aromatic rings. The number of halogens is 1. The lowest BCUT2D eigenvalue weighted by molar-refractivity contribution is -0.141. The third-order valence-corrected chi connectivity index (χ3v) is 3.62. The number of benzene rings is 1. The summed E-state index contributed by atoms with van der Waals surface area (Å²) in [6.07, 6.45) is 1.55. The molecule has 0 spiro atoms. The molecule has 2 atom stereocenters. The number of carboxylic acids is 1. The van der Waals surface area contributed by atoms with Gasteiger partial charge in [0.05, 0.1) is 12.5 Å². The fourth-order valence-corrected chi connectivity index (χ4v) is 2.49. The van der Waals surface area contributed by atoms with Crippen LogP contribution in [0.2, 0.25) is 0 Å². The Morgan fingerprint density at radius 2 is 2.10 bits per heavy atom. The third-order valence-electron chi connectivity index (χ3n) is 3.62. The van der Waals surface area contributed by atoms with Gasteiger partial charge in [-0.3, -0.25) is 9.59 Å². The van der Waals surface area contributed by atoms with E-state index in [0.717, 1.165) is 0 Å². The summed E-state index contributed by atoms with van der Waals surface area (Å²) in [6, 6.07) is 5.79. The van der Waals surface area contributed by atoms with Crippen LogP contribution in [0.5, 0.6) is 5.75 Å². The number of rotatable bonds is 6. The molecule has 1 aliphatic rings. The Hall–Kier alpha value is -2.11. The highest BCUT2D eigenvalue weighted by molar-refractivity contribution is 5.80. The Labute approximate surface area is 122 Å². The standard InChI is InChI=1S/C15H18FNO4/c16-12-2-1-3-13(9-12)21-7-6-17-14(18)10-4-5-11(8-10)15(19)20/h1-3,9-11H,4-8H2,(H,17,18)(H,19,20)/t10-,11+/m0/s1. The minimum atomic E-state index is -0.834. The monoisotopic (exact) mass is 295 g/mol. The Bertz CT molecular complexity index is 520. The van der Waals surface area contributed by atoms with Gasteiger partial charge in [0.15, 0.2) is 0 Å². The lowest BCUT2D eigenvalue weighted by atomic mass is 10.0. The minimum absolute atomic E-state index is 0.137. The van der Waals surface area contributed by atoms with Crippen LogP contribution in [0.4, 0.5) is 4.39 Å². The molecule has 2 rings (SSSR count). The van der Waals surface area contributed by atoms with Crippen molar-refractivity contribution in [2.45, 2.75) is 19.3 Å². The fourth-order valence-electron chi connectivity index (χ4n) is 2.49. The maximum absolute atomic E-state index is 12.9. The molecular formula is C15H18FNO4. The summed E-state index contributed by atoms with van der Waals surface area (Å²) in [5.74, 6) is -1.58. The maximum Gasteiger partial charge on any atom is 0.306 e. The molecule has 1 fully saturated rings. The van der Waals surface area contributed by atoms with Crippen LogP contribution in [0.3, 0.4) is 0 Å². The highest BCUT2D eigenvalue weighted by Gasteiger charge is 2.33. The quantitative estimate of drug-likeness (QED) is 0.785. The zero-order chi connectivity index (χ0) is 15.2. The summed E-state index contributed by atoms with van der Waals surface area (Å²) in [5, 5.41) is 11.6.